The van der Waals surface area contributed by atoms with E-state index in [0.717, 1.165) is 41.0 Å². The number of nitrogens with zero attached hydrogens (tertiary/aromatic N) is 3. The van der Waals surface area contributed by atoms with Crippen molar-refractivity contribution in [1.29, 1.82) is 0 Å². The molecule has 226 valence electrons. The van der Waals surface area contributed by atoms with Gasteiger partial charge in [0.1, 0.15) is 11.8 Å². The molecule has 43 heavy (non-hydrogen) atoms. The molecule has 0 unspecified atom stereocenters. The van der Waals surface area contributed by atoms with E-state index in [0.29, 0.717) is 17.9 Å². The Kier molecular flexibility index (Phi) is 11.8. The van der Waals surface area contributed by atoms with Gasteiger partial charge in [-0.15, -0.1) is 0 Å². The number of H-pyrrole nitrogens is 1. The Balaban J connectivity index is 1.30. The summed E-state index contributed by atoms with van der Waals surface area (Å²) in [6.07, 6.45) is 13.2. The number of carbonyl (C=O) groups excluding carboxylic acids is 1. The molecule has 4 rings (SSSR count). The summed E-state index contributed by atoms with van der Waals surface area (Å²) in [5.41, 5.74) is 4.34. The summed E-state index contributed by atoms with van der Waals surface area (Å²) in [6.45, 7) is 2.95. The second-order valence-corrected chi connectivity index (χ2v) is 10.5. The number of hydrogen-bond acceptors (Lipinski definition) is 7. The molecule has 4 aromatic rings. The molecule has 0 saturated heterocycles. The number of hydrogen-bond donors (Lipinski definition) is 4. The van der Waals surface area contributed by atoms with E-state index in [1.54, 1.807) is 13.2 Å². The molecule has 0 aliphatic rings. The number of unbranched alkanes of at least 4 members (excludes halogenated alkanes) is 4. The van der Waals surface area contributed by atoms with Gasteiger partial charge in [-0.05, 0) is 43.1 Å². The Bertz CT molecular complexity index is 1410. The molecule has 10 nitrogen and oxygen atoms in total. The Morgan fingerprint density at radius 2 is 1.56 bits per heavy atom. The largest absolute Gasteiger partial charge is 0.494 e. The van der Waals surface area contributed by atoms with Crippen LogP contribution in [0.4, 0.5) is 0 Å². The van der Waals surface area contributed by atoms with Gasteiger partial charge in [0.15, 0.2) is 5.82 Å². The van der Waals surface area contributed by atoms with Crippen molar-refractivity contribution in [1.82, 2.24) is 30.6 Å². The van der Waals surface area contributed by atoms with E-state index < -0.39 is 18.1 Å². The van der Waals surface area contributed by atoms with Gasteiger partial charge < -0.3 is 25.5 Å². The van der Waals surface area contributed by atoms with E-state index in [-0.39, 0.29) is 12.3 Å². The van der Waals surface area contributed by atoms with Crippen molar-refractivity contribution in [3.8, 4) is 28.3 Å². The standard InChI is InChI=1S/C33H40N6O4/c1-3-4-5-6-7-16-43-28-14-12-24(13-15-28)26-19-36-31(37-20-26)25-10-8-23(9-11-25)17-29(34-2)32(40)39-30(33(41)42)18-27-21-35-22-38-27/h8-15,19-22,29-30,34H,3-7,16-18H2,1-2H3,(H,35,38)(H,39,40)(H,41,42)/t29-,30-/m0/s1. The highest BCUT2D eigenvalue weighted by Gasteiger charge is 2.25. The normalized spacial score (nSPS) is 12.4. The van der Waals surface area contributed by atoms with Crippen molar-refractivity contribution in [3.63, 3.8) is 0 Å². The van der Waals surface area contributed by atoms with Crippen LogP contribution in [0.25, 0.3) is 22.5 Å². The van der Waals surface area contributed by atoms with Crippen LogP contribution in [0.2, 0.25) is 0 Å². The van der Waals surface area contributed by atoms with E-state index in [1.165, 1.54) is 32.0 Å². The van der Waals surface area contributed by atoms with Gasteiger partial charge in [-0.2, -0.15) is 0 Å². The van der Waals surface area contributed by atoms with Gasteiger partial charge in [0.2, 0.25) is 5.91 Å². The van der Waals surface area contributed by atoms with Gasteiger partial charge in [-0.1, -0.05) is 69.0 Å². The topological polar surface area (TPSA) is 142 Å². The lowest BCUT2D eigenvalue weighted by molar-refractivity contribution is -0.142. The van der Waals surface area contributed by atoms with Crippen LogP contribution in [0.1, 0.15) is 50.3 Å². The van der Waals surface area contributed by atoms with Crippen LogP contribution in [0.3, 0.4) is 0 Å². The quantitative estimate of drug-likeness (QED) is 0.129. The first-order valence-corrected chi connectivity index (χ1v) is 14.8. The maximum absolute atomic E-state index is 12.9. The Morgan fingerprint density at radius 1 is 0.860 bits per heavy atom. The van der Waals surface area contributed by atoms with Gasteiger partial charge in [0, 0.05) is 41.8 Å². The lowest BCUT2D eigenvalue weighted by Gasteiger charge is -2.20. The molecule has 0 saturated carbocycles. The van der Waals surface area contributed by atoms with Gasteiger partial charge in [0.05, 0.1) is 19.0 Å². The van der Waals surface area contributed by atoms with Crippen molar-refractivity contribution in [3.05, 3.63) is 84.7 Å². The third kappa shape index (κ3) is 9.47. The predicted octanol–water partition coefficient (Wildman–Crippen LogP) is 4.83. The Morgan fingerprint density at radius 3 is 2.19 bits per heavy atom. The zero-order valence-corrected chi connectivity index (χ0v) is 24.8. The van der Waals surface area contributed by atoms with Crippen LogP contribution in [-0.2, 0) is 22.4 Å². The zero-order chi connectivity index (χ0) is 30.4. The predicted molar refractivity (Wildman–Crippen MR) is 166 cm³/mol. The first kappa shape index (κ1) is 31.4. The molecular formula is C33H40N6O4. The number of carbonyl (C=O) groups is 2. The highest BCUT2D eigenvalue weighted by atomic mass is 16.5. The molecule has 2 heterocycles. The van der Waals surface area contributed by atoms with Gasteiger partial charge >= 0.3 is 5.97 Å². The van der Waals surface area contributed by atoms with E-state index >= 15 is 0 Å². The number of nitrogens with one attached hydrogen (secondary N) is 3. The summed E-state index contributed by atoms with van der Waals surface area (Å²) in [5, 5.41) is 15.2. The van der Waals surface area contributed by atoms with Gasteiger partial charge in [-0.25, -0.2) is 19.7 Å². The van der Waals surface area contributed by atoms with Crippen molar-refractivity contribution >= 4 is 11.9 Å². The average molecular weight is 585 g/mol. The molecule has 2 aromatic heterocycles. The monoisotopic (exact) mass is 584 g/mol. The number of aromatic nitrogens is 4. The van der Waals surface area contributed by atoms with Crippen LogP contribution in [0, 0.1) is 0 Å². The number of likely N-dealkylation sites (N-methyl/N-ethyl adjacent to an activating group) is 1. The lowest BCUT2D eigenvalue weighted by atomic mass is 10.0. The van der Waals surface area contributed by atoms with E-state index in [2.05, 4.69) is 37.5 Å². The van der Waals surface area contributed by atoms with Crippen molar-refractivity contribution in [2.75, 3.05) is 13.7 Å². The van der Waals surface area contributed by atoms with Crippen molar-refractivity contribution in [2.24, 2.45) is 0 Å². The zero-order valence-electron chi connectivity index (χ0n) is 24.8. The fraction of sp³-hybridized carbons (Fsp3) is 0.364. The number of amides is 1. The summed E-state index contributed by atoms with van der Waals surface area (Å²) >= 11 is 0. The average Bonchev–Trinajstić information content (AvgIpc) is 3.55. The summed E-state index contributed by atoms with van der Waals surface area (Å²) in [4.78, 5) is 40.5. The number of carboxylic acid groups (broad SMARTS) is 1. The molecule has 2 aromatic carbocycles. The molecule has 1 amide bonds. The highest BCUT2D eigenvalue weighted by molar-refractivity contribution is 5.87. The molecule has 2 atom stereocenters. The Labute approximate surface area is 252 Å². The van der Waals surface area contributed by atoms with Crippen LogP contribution >= 0.6 is 0 Å². The first-order chi connectivity index (χ1) is 21.0. The second kappa shape index (κ2) is 16.2. The van der Waals surface area contributed by atoms with Gasteiger partial charge in [0.25, 0.3) is 0 Å². The molecule has 0 bridgehead atoms. The maximum Gasteiger partial charge on any atom is 0.326 e. The summed E-state index contributed by atoms with van der Waals surface area (Å²) in [7, 11) is 1.68. The van der Waals surface area contributed by atoms with Crippen molar-refractivity contribution < 1.29 is 19.4 Å². The summed E-state index contributed by atoms with van der Waals surface area (Å²) in [6, 6.07) is 14.0. The number of carboxylic acids is 1. The number of rotatable bonds is 17. The third-order valence-corrected chi connectivity index (χ3v) is 7.27. The van der Waals surface area contributed by atoms with E-state index in [4.69, 9.17) is 4.74 Å². The minimum absolute atomic E-state index is 0.115. The maximum atomic E-state index is 12.9. The minimum atomic E-state index is -1.11. The molecule has 0 fully saturated rings. The summed E-state index contributed by atoms with van der Waals surface area (Å²) < 4.78 is 5.87. The number of aromatic amines is 1. The van der Waals surface area contributed by atoms with Crippen LogP contribution < -0.4 is 15.4 Å². The fourth-order valence-electron chi connectivity index (χ4n) is 4.71. The first-order valence-electron chi connectivity index (χ1n) is 14.8. The minimum Gasteiger partial charge on any atom is -0.494 e. The van der Waals surface area contributed by atoms with Crippen LogP contribution in [-0.4, -0.2) is 62.7 Å². The highest BCUT2D eigenvalue weighted by Crippen LogP contribution is 2.23. The SMILES string of the molecule is CCCCCCCOc1ccc(-c2cnc(-c3ccc(C[C@H](NC)C(=O)N[C@@H](Cc4cnc[nH]4)C(=O)O)cc3)nc2)cc1. The molecule has 0 spiro atoms. The third-order valence-electron chi connectivity index (χ3n) is 7.27. The second-order valence-electron chi connectivity index (χ2n) is 10.5. The van der Waals surface area contributed by atoms with Crippen molar-refractivity contribution in [2.45, 2.75) is 64.0 Å². The van der Waals surface area contributed by atoms with E-state index in [9.17, 15) is 14.7 Å². The molecule has 0 radical (unpaired) electrons. The molecular weight excluding hydrogens is 544 g/mol. The Hall–Kier alpha value is -4.57. The van der Waals surface area contributed by atoms with Crippen LogP contribution in [0.15, 0.2) is 73.4 Å². The fourth-order valence-corrected chi connectivity index (χ4v) is 4.71. The number of aliphatic carboxylic acids is 1. The molecule has 0 aliphatic carbocycles. The number of ether oxygens (including phenoxy) is 1. The van der Waals surface area contributed by atoms with E-state index in [1.807, 2.05) is 60.9 Å². The van der Waals surface area contributed by atoms with Gasteiger partial charge in [-0.3, -0.25) is 4.79 Å². The molecule has 10 heteroatoms. The molecule has 4 N–H and O–H groups in total. The smallest absolute Gasteiger partial charge is 0.326 e. The molecule has 0 aliphatic heterocycles. The number of benzene rings is 2. The lowest BCUT2D eigenvalue weighted by Crippen LogP contribution is -2.51. The van der Waals surface area contributed by atoms with Crippen LogP contribution in [0.5, 0.6) is 5.75 Å². The summed E-state index contributed by atoms with van der Waals surface area (Å²) in [5.74, 6) is -0.0304. The number of imidazole rings is 1.